The van der Waals surface area contributed by atoms with Gasteiger partial charge in [0.15, 0.2) is 0 Å². The van der Waals surface area contributed by atoms with Gasteiger partial charge in [-0.05, 0) is 59.3 Å². The van der Waals surface area contributed by atoms with E-state index < -0.39 is 10.0 Å². The van der Waals surface area contributed by atoms with Crippen LogP contribution in [0, 0.1) is 5.92 Å². The van der Waals surface area contributed by atoms with Gasteiger partial charge in [0.05, 0.1) is 26.6 Å². The highest BCUT2D eigenvalue weighted by Crippen LogP contribution is 2.31. The summed E-state index contributed by atoms with van der Waals surface area (Å²) in [6.07, 6.45) is 4.88. The lowest BCUT2D eigenvalue weighted by Crippen LogP contribution is -2.43. The number of thioether (sulfide) groups is 1. The smallest absolute Gasteiger partial charge is 0.252 e. The van der Waals surface area contributed by atoms with Crippen LogP contribution in [0.15, 0.2) is 43.5 Å². The van der Waals surface area contributed by atoms with Gasteiger partial charge in [0, 0.05) is 13.1 Å². The number of nitrogens with one attached hydrogen (secondary N) is 1. The Morgan fingerprint density at radius 3 is 2.81 bits per heavy atom. The highest BCUT2D eigenvalue weighted by atomic mass is 79.9. The lowest BCUT2D eigenvalue weighted by atomic mass is 9.99. The third kappa shape index (κ3) is 4.48. The number of sulfonamides is 1. The number of pyridine rings is 1. The first-order valence-electron chi connectivity index (χ1n) is 7.96. The minimum atomic E-state index is -3.56. The molecule has 1 fully saturated rings. The zero-order valence-corrected chi connectivity index (χ0v) is 18.0. The molecular weight excluding hydrogens is 458 g/mol. The average molecular weight is 476 g/mol. The quantitative estimate of drug-likeness (QED) is 0.667. The molecule has 1 amide bonds. The van der Waals surface area contributed by atoms with Crippen LogP contribution in [0.1, 0.15) is 12.8 Å². The lowest BCUT2D eigenvalue weighted by Gasteiger charge is -2.30. The monoisotopic (exact) mass is 475 g/mol. The first-order chi connectivity index (χ1) is 12.4. The van der Waals surface area contributed by atoms with Gasteiger partial charge < -0.3 is 5.32 Å². The predicted octanol–water partition coefficient (Wildman–Crippen LogP) is 3.67. The molecular formula is C16H18BrN3O3S3. The van der Waals surface area contributed by atoms with Gasteiger partial charge >= 0.3 is 0 Å². The Morgan fingerprint density at radius 1 is 1.38 bits per heavy atom. The maximum atomic E-state index is 12.8. The van der Waals surface area contributed by atoms with Crippen molar-refractivity contribution < 1.29 is 13.2 Å². The maximum Gasteiger partial charge on any atom is 0.252 e. The predicted molar refractivity (Wildman–Crippen MR) is 108 cm³/mol. The SMILES string of the molecule is CSc1ccc(NC(=O)C2CCCN(S(=O)(=O)c3ccc(Br)s3)C2)cn1. The Morgan fingerprint density at radius 2 is 2.19 bits per heavy atom. The fourth-order valence-electron chi connectivity index (χ4n) is 2.76. The lowest BCUT2D eigenvalue weighted by molar-refractivity contribution is -0.120. The third-order valence-electron chi connectivity index (χ3n) is 4.11. The van der Waals surface area contributed by atoms with Crippen molar-refractivity contribution in [3.63, 3.8) is 0 Å². The molecule has 26 heavy (non-hydrogen) atoms. The summed E-state index contributed by atoms with van der Waals surface area (Å²) in [4.78, 5) is 16.8. The summed E-state index contributed by atoms with van der Waals surface area (Å²) in [6.45, 7) is 0.631. The first kappa shape index (κ1) is 19.8. The normalized spacial score (nSPS) is 18.6. The van der Waals surface area contributed by atoms with Crippen LogP contribution in [0.25, 0.3) is 0 Å². The molecule has 0 aliphatic carbocycles. The molecule has 0 spiro atoms. The Labute approximate surface area is 169 Å². The van der Waals surface area contributed by atoms with E-state index in [1.807, 2.05) is 12.3 Å². The van der Waals surface area contributed by atoms with Crippen molar-refractivity contribution in [3.05, 3.63) is 34.2 Å². The highest BCUT2D eigenvalue weighted by molar-refractivity contribution is 9.11. The molecule has 6 nitrogen and oxygen atoms in total. The Balaban J connectivity index is 1.68. The number of amides is 1. The van der Waals surface area contributed by atoms with Crippen LogP contribution in [-0.4, -0.2) is 43.0 Å². The minimum absolute atomic E-state index is 0.170. The number of rotatable bonds is 5. The van der Waals surface area contributed by atoms with E-state index in [9.17, 15) is 13.2 Å². The number of carbonyl (C=O) groups is 1. The Kier molecular flexibility index (Phi) is 6.39. The zero-order chi connectivity index (χ0) is 18.7. The van der Waals surface area contributed by atoms with Crippen LogP contribution < -0.4 is 5.32 Å². The molecule has 2 aromatic heterocycles. The first-order valence-corrected chi connectivity index (χ1v) is 12.2. The van der Waals surface area contributed by atoms with E-state index in [2.05, 4.69) is 26.2 Å². The maximum absolute atomic E-state index is 12.8. The second kappa shape index (κ2) is 8.39. The van der Waals surface area contributed by atoms with E-state index in [1.54, 1.807) is 24.4 Å². The van der Waals surface area contributed by atoms with Crippen molar-refractivity contribution in [2.75, 3.05) is 24.7 Å². The van der Waals surface area contributed by atoms with Crippen molar-refractivity contribution in [2.45, 2.75) is 22.1 Å². The molecule has 1 N–H and O–H groups in total. The van der Waals surface area contributed by atoms with Crippen LogP contribution in [0.2, 0.25) is 0 Å². The van der Waals surface area contributed by atoms with Crippen molar-refractivity contribution in [3.8, 4) is 0 Å². The van der Waals surface area contributed by atoms with Gasteiger partial charge in [-0.1, -0.05) is 0 Å². The summed E-state index contributed by atoms with van der Waals surface area (Å²) in [5.74, 6) is -0.543. The van der Waals surface area contributed by atoms with Gasteiger partial charge in [-0.25, -0.2) is 13.4 Å². The van der Waals surface area contributed by atoms with Crippen LogP contribution in [-0.2, 0) is 14.8 Å². The van der Waals surface area contributed by atoms with Gasteiger partial charge in [-0.15, -0.1) is 23.1 Å². The molecule has 3 heterocycles. The van der Waals surface area contributed by atoms with E-state index in [4.69, 9.17) is 0 Å². The molecule has 3 rings (SSSR count). The summed E-state index contributed by atoms with van der Waals surface area (Å²) in [6, 6.07) is 6.95. The summed E-state index contributed by atoms with van der Waals surface area (Å²) >= 11 is 6.00. The summed E-state index contributed by atoms with van der Waals surface area (Å²) < 4.78 is 28.0. The summed E-state index contributed by atoms with van der Waals surface area (Å²) in [7, 11) is -3.56. The molecule has 1 aliphatic heterocycles. The summed E-state index contributed by atoms with van der Waals surface area (Å²) in [5, 5.41) is 3.72. The van der Waals surface area contributed by atoms with Crippen LogP contribution in [0.4, 0.5) is 5.69 Å². The minimum Gasteiger partial charge on any atom is -0.324 e. The van der Waals surface area contributed by atoms with Gasteiger partial charge in [0.25, 0.3) is 10.0 Å². The van der Waals surface area contributed by atoms with Crippen molar-refractivity contribution in [2.24, 2.45) is 5.92 Å². The number of aromatic nitrogens is 1. The van der Waals surface area contributed by atoms with E-state index >= 15 is 0 Å². The number of hydrogen-bond acceptors (Lipinski definition) is 6. The standard InChI is InChI=1S/C16H18BrN3O3S3/c1-24-14-6-4-12(9-18-14)19-16(21)11-3-2-8-20(10-11)26(22,23)15-7-5-13(17)25-15/h4-7,9,11H,2-3,8,10H2,1H3,(H,19,21). The Bertz CT molecular complexity index is 884. The van der Waals surface area contributed by atoms with Gasteiger partial charge in [-0.2, -0.15) is 4.31 Å². The third-order valence-corrected chi connectivity index (χ3v) is 8.73. The molecule has 2 aromatic rings. The number of anilines is 1. The number of hydrogen-bond donors (Lipinski definition) is 1. The fraction of sp³-hybridized carbons (Fsp3) is 0.375. The second-order valence-electron chi connectivity index (χ2n) is 5.84. The molecule has 1 unspecified atom stereocenters. The number of carbonyl (C=O) groups excluding carboxylic acids is 1. The molecule has 1 aliphatic rings. The van der Waals surface area contributed by atoms with Crippen molar-refractivity contribution in [1.29, 1.82) is 0 Å². The summed E-state index contributed by atoms with van der Waals surface area (Å²) in [5.41, 5.74) is 0.620. The number of thiophene rings is 1. The molecule has 1 saturated heterocycles. The molecule has 140 valence electrons. The van der Waals surface area contributed by atoms with Crippen molar-refractivity contribution in [1.82, 2.24) is 9.29 Å². The van der Waals surface area contributed by atoms with Crippen LogP contribution >= 0.6 is 39.0 Å². The zero-order valence-electron chi connectivity index (χ0n) is 14.0. The van der Waals surface area contributed by atoms with Crippen molar-refractivity contribution >= 4 is 60.6 Å². The molecule has 0 bridgehead atoms. The molecule has 10 heteroatoms. The molecule has 0 radical (unpaired) electrons. The average Bonchev–Trinajstić information content (AvgIpc) is 3.10. The van der Waals surface area contributed by atoms with Gasteiger partial charge in [-0.3, -0.25) is 4.79 Å². The fourth-order valence-corrected chi connectivity index (χ4v) is 6.81. The number of nitrogens with zero attached hydrogens (tertiary/aromatic N) is 2. The van der Waals surface area contributed by atoms with E-state index in [0.717, 1.165) is 8.81 Å². The van der Waals surface area contributed by atoms with E-state index in [-0.39, 0.29) is 18.4 Å². The number of piperidine rings is 1. The Hall–Kier alpha value is -0.940. The van der Waals surface area contributed by atoms with Crippen LogP contribution in [0.5, 0.6) is 0 Å². The molecule has 0 aromatic carbocycles. The molecule has 0 saturated carbocycles. The largest absolute Gasteiger partial charge is 0.324 e. The number of halogens is 1. The molecule has 1 atom stereocenters. The second-order valence-corrected chi connectivity index (χ2v) is 11.3. The topological polar surface area (TPSA) is 79.4 Å². The van der Waals surface area contributed by atoms with E-state index in [0.29, 0.717) is 29.3 Å². The van der Waals surface area contributed by atoms with Crippen LogP contribution in [0.3, 0.4) is 0 Å². The van der Waals surface area contributed by atoms with Gasteiger partial charge in [0.1, 0.15) is 4.21 Å². The highest BCUT2D eigenvalue weighted by Gasteiger charge is 2.34. The van der Waals surface area contributed by atoms with Gasteiger partial charge in [0.2, 0.25) is 5.91 Å². The van der Waals surface area contributed by atoms with E-state index in [1.165, 1.54) is 27.4 Å².